The first-order valence-electron chi connectivity index (χ1n) is 20.5. The third-order valence-corrected chi connectivity index (χ3v) is 12.8. The standard InChI is InChI=1S/C46H70N2S2/c1-33(2)15-9-17-35(5)19-11-21-37(7)25-27-39-31-41-42(48-46(44-24-14-30-50-44)45(47-41)43-23-13-29-49-43)32-40(39)28-26-38(8)22-12-20-36(6)18-10-16-34(3)4/h13-14,23-24,29-38H,9-12,15-22,25-28H2,1-8H3. The van der Waals surface area contributed by atoms with Crippen LogP contribution in [0.15, 0.2) is 47.2 Å². The normalized spacial score (nSPS) is 14.5. The van der Waals surface area contributed by atoms with Gasteiger partial charge in [-0.3, -0.25) is 0 Å². The van der Waals surface area contributed by atoms with Crippen molar-refractivity contribution in [2.75, 3.05) is 0 Å². The highest BCUT2D eigenvalue weighted by Gasteiger charge is 2.18. The minimum Gasteiger partial charge on any atom is -0.243 e. The molecule has 0 fully saturated rings. The minimum atomic E-state index is 0.747. The van der Waals surface area contributed by atoms with Crippen molar-refractivity contribution in [1.82, 2.24) is 9.97 Å². The number of hydrogen-bond acceptors (Lipinski definition) is 4. The van der Waals surface area contributed by atoms with Crippen LogP contribution in [0, 0.1) is 35.5 Å². The summed E-state index contributed by atoms with van der Waals surface area (Å²) in [4.78, 5) is 13.1. The lowest BCUT2D eigenvalue weighted by molar-refractivity contribution is 0.390. The topological polar surface area (TPSA) is 25.8 Å². The number of benzene rings is 1. The summed E-state index contributed by atoms with van der Waals surface area (Å²) < 4.78 is 0. The second-order valence-electron chi connectivity index (χ2n) is 17.0. The molecule has 3 heterocycles. The molecule has 50 heavy (non-hydrogen) atoms. The number of thiophene rings is 2. The quantitative estimate of drug-likeness (QED) is 0.0722. The zero-order valence-electron chi connectivity index (χ0n) is 33.1. The van der Waals surface area contributed by atoms with Crippen LogP contribution in [0.1, 0.15) is 156 Å². The molecule has 0 radical (unpaired) electrons. The molecule has 2 nitrogen and oxygen atoms in total. The van der Waals surface area contributed by atoms with Crippen LogP contribution in [0.25, 0.3) is 32.2 Å². The van der Waals surface area contributed by atoms with E-state index in [1.807, 2.05) is 0 Å². The molecule has 0 aliphatic carbocycles. The van der Waals surface area contributed by atoms with Gasteiger partial charge >= 0.3 is 0 Å². The Balaban J connectivity index is 1.45. The summed E-state index contributed by atoms with van der Waals surface area (Å²) in [6, 6.07) is 13.5. The minimum absolute atomic E-state index is 0.747. The molecule has 0 aliphatic heterocycles. The molecule has 0 spiro atoms. The monoisotopic (exact) mass is 714 g/mol. The Morgan fingerprint density at radius 2 is 0.800 bits per heavy atom. The molecule has 4 rings (SSSR count). The molecule has 0 amide bonds. The Bertz CT molecular complexity index is 1370. The summed E-state index contributed by atoms with van der Waals surface area (Å²) >= 11 is 3.52. The highest BCUT2D eigenvalue weighted by atomic mass is 32.1. The number of aryl methyl sites for hydroxylation is 2. The van der Waals surface area contributed by atoms with E-state index in [4.69, 9.17) is 9.97 Å². The van der Waals surface area contributed by atoms with E-state index in [1.54, 1.807) is 22.7 Å². The van der Waals surface area contributed by atoms with E-state index in [0.717, 1.165) is 70.8 Å². The number of fused-ring (bicyclic) bond motifs is 1. The highest BCUT2D eigenvalue weighted by molar-refractivity contribution is 7.14. The second kappa shape index (κ2) is 21.5. The lowest BCUT2D eigenvalue weighted by Gasteiger charge is -2.18. The van der Waals surface area contributed by atoms with Crippen molar-refractivity contribution in [3.05, 3.63) is 58.3 Å². The fraction of sp³-hybridized carbons (Fsp3) is 0.652. The fourth-order valence-electron chi connectivity index (χ4n) is 7.58. The molecule has 4 heteroatoms. The summed E-state index contributed by atoms with van der Waals surface area (Å²) in [5.41, 5.74) is 7.17. The van der Waals surface area contributed by atoms with Crippen LogP contribution < -0.4 is 0 Å². The van der Waals surface area contributed by atoms with Crippen molar-refractivity contribution in [2.45, 2.75) is 158 Å². The highest BCUT2D eigenvalue weighted by Crippen LogP contribution is 2.36. The predicted octanol–water partition coefficient (Wildman–Crippen LogP) is 15.5. The molecule has 4 unspecified atom stereocenters. The Morgan fingerprint density at radius 1 is 0.460 bits per heavy atom. The molecule has 0 saturated carbocycles. The first kappa shape index (κ1) is 40.7. The Labute approximate surface area is 315 Å². The van der Waals surface area contributed by atoms with Gasteiger partial charge in [0, 0.05) is 0 Å². The van der Waals surface area contributed by atoms with Crippen molar-refractivity contribution in [1.29, 1.82) is 0 Å². The van der Waals surface area contributed by atoms with Crippen molar-refractivity contribution < 1.29 is 0 Å². The van der Waals surface area contributed by atoms with Crippen molar-refractivity contribution in [3.8, 4) is 21.1 Å². The van der Waals surface area contributed by atoms with E-state index < -0.39 is 0 Å². The molecule has 3 aromatic heterocycles. The summed E-state index contributed by atoms with van der Waals surface area (Å²) in [5.74, 6) is 4.88. The van der Waals surface area contributed by atoms with Gasteiger partial charge < -0.3 is 0 Å². The number of rotatable bonds is 24. The van der Waals surface area contributed by atoms with Crippen LogP contribution in [-0.4, -0.2) is 9.97 Å². The average Bonchev–Trinajstić information content (AvgIpc) is 3.81. The van der Waals surface area contributed by atoms with Crippen LogP contribution in [0.5, 0.6) is 0 Å². The zero-order chi connectivity index (χ0) is 35.9. The van der Waals surface area contributed by atoms with Crippen LogP contribution in [-0.2, 0) is 12.8 Å². The van der Waals surface area contributed by atoms with Gasteiger partial charge in [-0.1, -0.05) is 145 Å². The molecule has 4 atom stereocenters. The second-order valence-corrected chi connectivity index (χ2v) is 18.9. The van der Waals surface area contributed by atoms with Gasteiger partial charge in [-0.2, -0.15) is 0 Å². The van der Waals surface area contributed by atoms with Crippen LogP contribution in [0.3, 0.4) is 0 Å². The lowest BCUT2D eigenvalue weighted by atomic mass is 9.88. The Hall–Kier alpha value is -2.04. The smallest absolute Gasteiger partial charge is 0.108 e. The van der Waals surface area contributed by atoms with Crippen LogP contribution in [0.2, 0.25) is 0 Å². The summed E-state index contributed by atoms with van der Waals surface area (Å²) in [5, 5.41) is 4.30. The van der Waals surface area contributed by atoms with E-state index in [1.165, 1.54) is 111 Å². The van der Waals surface area contributed by atoms with Gasteiger partial charge in [0.15, 0.2) is 0 Å². The van der Waals surface area contributed by atoms with E-state index >= 15 is 0 Å². The largest absolute Gasteiger partial charge is 0.243 e. The molecule has 276 valence electrons. The van der Waals surface area contributed by atoms with Gasteiger partial charge in [0.25, 0.3) is 0 Å². The SMILES string of the molecule is CC(C)CCCC(C)CCCC(C)CCc1cc2nc(-c3cccs3)c(-c3cccs3)nc2cc1CCC(C)CCCC(C)CCCC(C)C. The third kappa shape index (κ3) is 13.8. The van der Waals surface area contributed by atoms with Gasteiger partial charge in [0.1, 0.15) is 11.4 Å². The summed E-state index contributed by atoms with van der Waals surface area (Å²) in [6.07, 6.45) is 21.3. The van der Waals surface area contributed by atoms with Crippen molar-refractivity contribution in [3.63, 3.8) is 0 Å². The molecule has 0 aliphatic rings. The first-order chi connectivity index (χ1) is 24.1. The maximum atomic E-state index is 5.34. The number of hydrogen-bond donors (Lipinski definition) is 0. The zero-order valence-corrected chi connectivity index (χ0v) is 34.7. The average molecular weight is 715 g/mol. The number of aromatic nitrogens is 2. The Morgan fingerprint density at radius 3 is 1.12 bits per heavy atom. The molecule has 0 N–H and O–H groups in total. The maximum Gasteiger partial charge on any atom is 0.108 e. The van der Waals surface area contributed by atoms with Gasteiger partial charge in [-0.15, -0.1) is 22.7 Å². The molecule has 4 aromatic rings. The summed E-state index contributed by atoms with van der Waals surface area (Å²) in [6.45, 7) is 19.3. The van der Waals surface area contributed by atoms with Gasteiger partial charge in [-0.25, -0.2) is 9.97 Å². The molecular formula is C46H70N2S2. The molecule has 0 bridgehead atoms. The fourth-order valence-corrected chi connectivity index (χ4v) is 9.01. The maximum absolute atomic E-state index is 5.34. The van der Waals surface area contributed by atoms with Gasteiger partial charge in [0.05, 0.1) is 20.8 Å². The lowest BCUT2D eigenvalue weighted by Crippen LogP contribution is -2.05. The van der Waals surface area contributed by atoms with Crippen molar-refractivity contribution in [2.24, 2.45) is 35.5 Å². The van der Waals surface area contributed by atoms with E-state index in [-0.39, 0.29) is 0 Å². The van der Waals surface area contributed by atoms with E-state index in [9.17, 15) is 0 Å². The third-order valence-electron chi connectivity index (χ3n) is 11.1. The predicted molar refractivity (Wildman–Crippen MR) is 225 cm³/mol. The Kier molecular flexibility index (Phi) is 17.5. The van der Waals surface area contributed by atoms with Crippen molar-refractivity contribution >= 4 is 33.7 Å². The molecule has 0 saturated heterocycles. The number of nitrogens with zero attached hydrogens (tertiary/aromatic N) is 2. The molecule has 1 aromatic carbocycles. The van der Waals surface area contributed by atoms with E-state index in [0.29, 0.717) is 0 Å². The van der Waals surface area contributed by atoms with Crippen LogP contribution in [0.4, 0.5) is 0 Å². The van der Waals surface area contributed by atoms with Gasteiger partial charge in [-0.05, 0) is 107 Å². The molecular weight excluding hydrogens is 645 g/mol. The van der Waals surface area contributed by atoms with Crippen LogP contribution >= 0.6 is 22.7 Å². The summed E-state index contributed by atoms with van der Waals surface area (Å²) in [7, 11) is 0. The first-order valence-corrected chi connectivity index (χ1v) is 22.3. The van der Waals surface area contributed by atoms with Gasteiger partial charge in [0.2, 0.25) is 0 Å². The van der Waals surface area contributed by atoms with E-state index in [2.05, 4.69) is 103 Å².